The number of fused-ring (bicyclic) bond motifs is 1. The SMILES string of the molecule is CC(NC(=O)c1cccs1)c1nc2ccccc2n1CC(=O)N(C(C)C)C(C)C. The summed E-state index contributed by atoms with van der Waals surface area (Å²) < 4.78 is 1.93. The molecule has 0 aliphatic heterocycles. The molecule has 3 aromatic rings. The Kier molecular flexibility index (Phi) is 6.37. The van der Waals surface area contributed by atoms with Crippen molar-refractivity contribution in [3.8, 4) is 0 Å². The molecule has 7 heteroatoms. The van der Waals surface area contributed by atoms with Gasteiger partial charge in [-0.05, 0) is 58.2 Å². The van der Waals surface area contributed by atoms with E-state index in [2.05, 4.69) is 5.32 Å². The monoisotopic (exact) mass is 412 g/mol. The minimum absolute atomic E-state index is 0.0381. The molecule has 0 aliphatic carbocycles. The maximum absolute atomic E-state index is 13.1. The van der Waals surface area contributed by atoms with E-state index in [4.69, 9.17) is 4.98 Å². The highest BCUT2D eigenvalue weighted by Crippen LogP contribution is 2.22. The van der Waals surface area contributed by atoms with Gasteiger partial charge in [-0.1, -0.05) is 18.2 Å². The zero-order valence-corrected chi connectivity index (χ0v) is 18.4. The van der Waals surface area contributed by atoms with E-state index in [9.17, 15) is 9.59 Å². The highest BCUT2D eigenvalue weighted by Gasteiger charge is 2.25. The summed E-state index contributed by atoms with van der Waals surface area (Å²) in [4.78, 5) is 32.9. The van der Waals surface area contributed by atoms with Gasteiger partial charge in [0.2, 0.25) is 5.91 Å². The minimum atomic E-state index is -0.337. The van der Waals surface area contributed by atoms with Crippen LogP contribution in [0.25, 0.3) is 11.0 Å². The summed E-state index contributed by atoms with van der Waals surface area (Å²) in [6.45, 7) is 10.2. The maximum atomic E-state index is 13.1. The average molecular weight is 413 g/mol. The van der Waals surface area contributed by atoms with Gasteiger partial charge in [-0.25, -0.2) is 4.98 Å². The fourth-order valence-corrected chi connectivity index (χ4v) is 4.35. The second kappa shape index (κ2) is 8.78. The Morgan fingerprint density at radius 3 is 2.38 bits per heavy atom. The second-order valence-electron chi connectivity index (χ2n) is 7.71. The van der Waals surface area contributed by atoms with E-state index < -0.39 is 0 Å². The first-order valence-electron chi connectivity index (χ1n) is 9.90. The summed E-state index contributed by atoms with van der Waals surface area (Å²) in [6.07, 6.45) is 0. The third kappa shape index (κ3) is 4.50. The van der Waals surface area contributed by atoms with Gasteiger partial charge in [0, 0.05) is 12.1 Å². The lowest BCUT2D eigenvalue weighted by Gasteiger charge is -2.31. The fourth-order valence-electron chi connectivity index (χ4n) is 3.72. The summed E-state index contributed by atoms with van der Waals surface area (Å²) in [5.74, 6) is 0.580. The molecule has 29 heavy (non-hydrogen) atoms. The second-order valence-corrected chi connectivity index (χ2v) is 8.65. The molecule has 2 amide bonds. The summed E-state index contributed by atoms with van der Waals surface area (Å²) in [7, 11) is 0. The number of aromatic nitrogens is 2. The molecule has 0 aliphatic rings. The third-order valence-corrected chi connectivity index (χ3v) is 5.73. The first kappa shape index (κ1) is 21.0. The van der Waals surface area contributed by atoms with Crippen molar-refractivity contribution in [3.63, 3.8) is 0 Å². The zero-order valence-electron chi connectivity index (χ0n) is 17.5. The van der Waals surface area contributed by atoms with E-state index in [1.165, 1.54) is 11.3 Å². The lowest BCUT2D eigenvalue weighted by Crippen LogP contribution is -2.44. The van der Waals surface area contributed by atoms with Crippen LogP contribution in [0.3, 0.4) is 0 Å². The number of carbonyl (C=O) groups is 2. The fraction of sp³-hybridized carbons (Fsp3) is 0.409. The molecule has 3 rings (SSSR count). The smallest absolute Gasteiger partial charge is 0.261 e. The van der Waals surface area contributed by atoms with E-state index >= 15 is 0 Å². The highest BCUT2D eigenvalue weighted by atomic mass is 32.1. The van der Waals surface area contributed by atoms with Crippen molar-refractivity contribution in [3.05, 3.63) is 52.5 Å². The van der Waals surface area contributed by atoms with Crippen LogP contribution in [0, 0.1) is 0 Å². The van der Waals surface area contributed by atoms with E-state index in [1.54, 1.807) is 6.07 Å². The van der Waals surface area contributed by atoms with Gasteiger partial charge in [-0.2, -0.15) is 0 Å². The Balaban J connectivity index is 1.93. The normalized spacial score (nSPS) is 12.5. The molecule has 2 heterocycles. The number of imidazole rings is 1. The number of hydrogen-bond acceptors (Lipinski definition) is 4. The van der Waals surface area contributed by atoms with Crippen molar-refractivity contribution in [2.75, 3.05) is 0 Å². The molecule has 0 saturated carbocycles. The molecular formula is C22H28N4O2S. The standard InChI is InChI=1S/C22H28N4O2S/c1-14(2)26(15(3)4)20(27)13-25-18-10-7-6-9-17(18)24-21(25)16(5)23-22(28)19-11-8-12-29-19/h6-12,14-16H,13H2,1-5H3,(H,23,28). The number of amides is 2. The van der Waals surface area contributed by atoms with Crippen LogP contribution in [0.2, 0.25) is 0 Å². The van der Waals surface area contributed by atoms with Crippen molar-refractivity contribution >= 4 is 34.2 Å². The minimum Gasteiger partial charge on any atom is -0.342 e. The van der Waals surface area contributed by atoms with E-state index in [0.29, 0.717) is 10.7 Å². The predicted octanol–water partition coefficient (Wildman–Crippen LogP) is 4.23. The maximum Gasteiger partial charge on any atom is 0.261 e. The summed E-state index contributed by atoms with van der Waals surface area (Å²) in [6, 6.07) is 11.3. The number of carbonyl (C=O) groups excluding carboxylic acids is 2. The molecule has 2 aromatic heterocycles. The Bertz CT molecular complexity index is 984. The summed E-state index contributed by atoms with van der Waals surface area (Å²) in [5, 5.41) is 4.89. The van der Waals surface area contributed by atoms with Crippen LogP contribution in [0.1, 0.15) is 56.2 Å². The number of hydrogen-bond donors (Lipinski definition) is 1. The average Bonchev–Trinajstić information content (AvgIpc) is 3.29. The van der Waals surface area contributed by atoms with Crippen LogP contribution in [0.15, 0.2) is 41.8 Å². The largest absolute Gasteiger partial charge is 0.342 e. The lowest BCUT2D eigenvalue weighted by atomic mass is 10.2. The number of para-hydroxylation sites is 2. The summed E-state index contributed by atoms with van der Waals surface area (Å²) >= 11 is 1.40. The number of benzene rings is 1. The molecule has 0 radical (unpaired) electrons. The van der Waals surface area contributed by atoms with Crippen molar-refractivity contribution in [2.45, 2.75) is 59.3 Å². The van der Waals surface area contributed by atoms with E-state index in [1.807, 2.05) is 79.8 Å². The van der Waals surface area contributed by atoms with Gasteiger partial charge < -0.3 is 14.8 Å². The van der Waals surface area contributed by atoms with E-state index in [-0.39, 0.29) is 36.5 Å². The van der Waals surface area contributed by atoms with Crippen LogP contribution in [-0.4, -0.2) is 38.3 Å². The molecule has 1 atom stereocenters. The Labute approximate surface area is 175 Å². The molecule has 0 fully saturated rings. The highest BCUT2D eigenvalue weighted by molar-refractivity contribution is 7.12. The zero-order chi connectivity index (χ0) is 21.1. The first-order chi connectivity index (χ1) is 13.8. The molecule has 0 saturated heterocycles. The quantitative estimate of drug-likeness (QED) is 0.631. The number of nitrogens with one attached hydrogen (secondary N) is 1. The Morgan fingerprint density at radius 1 is 1.07 bits per heavy atom. The van der Waals surface area contributed by atoms with Crippen LogP contribution in [0.5, 0.6) is 0 Å². The van der Waals surface area contributed by atoms with Crippen molar-refractivity contribution < 1.29 is 9.59 Å². The number of rotatable bonds is 7. The van der Waals surface area contributed by atoms with Gasteiger partial charge in [-0.3, -0.25) is 9.59 Å². The van der Waals surface area contributed by atoms with Crippen LogP contribution in [-0.2, 0) is 11.3 Å². The molecular weight excluding hydrogens is 384 g/mol. The van der Waals surface area contributed by atoms with Crippen molar-refractivity contribution in [1.29, 1.82) is 0 Å². The summed E-state index contributed by atoms with van der Waals surface area (Å²) in [5.41, 5.74) is 1.70. The molecule has 154 valence electrons. The van der Waals surface area contributed by atoms with Gasteiger partial charge in [0.25, 0.3) is 5.91 Å². The van der Waals surface area contributed by atoms with E-state index in [0.717, 1.165) is 11.0 Å². The van der Waals surface area contributed by atoms with Gasteiger partial charge in [0.15, 0.2) is 0 Å². The molecule has 6 nitrogen and oxygen atoms in total. The predicted molar refractivity (Wildman–Crippen MR) is 117 cm³/mol. The van der Waals surface area contributed by atoms with Gasteiger partial charge in [0.1, 0.15) is 12.4 Å². The van der Waals surface area contributed by atoms with Gasteiger partial charge in [-0.15, -0.1) is 11.3 Å². The molecule has 1 unspecified atom stereocenters. The topological polar surface area (TPSA) is 67.2 Å². The first-order valence-corrected chi connectivity index (χ1v) is 10.8. The van der Waals surface area contributed by atoms with Crippen LogP contribution < -0.4 is 5.32 Å². The molecule has 1 aromatic carbocycles. The Hall–Kier alpha value is -2.67. The van der Waals surface area contributed by atoms with Crippen molar-refractivity contribution in [1.82, 2.24) is 19.8 Å². The van der Waals surface area contributed by atoms with Crippen LogP contribution in [0.4, 0.5) is 0 Å². The van der Waals surface area contributed by atoms with Gasteiger partial charge in [0.05, 0.1) is 22.0 Å². The van der Waals surface area contributed by atoms with Gasteiger partial charge >= 0.3 is 0 Å². The molecule has 0 spiro atoms. The number of thiophene rings is 1. The number of nitrogens with zero attached hydrogens (tertiary/aromatic N) is 3. The lowest BCUT2D eigenvalue weighted by molar-refractivity contribution is -0.135. The Morgan fingerprint density at radius 2 is 1.76 bits per heavy atom. The molecule has 0 bridgehead atoms. The van der Waals surface area contributed by atoms with Crippen molar-refractivity contribution in [2.24, 2.45) is 0 Å². The third-order valence-electron chi connectivity index (χ3n) is 4.86. The molecule has 1 N–H and O–H groups in total. The van der Waals surface area contributed by atoms with Crippen LogP contribution >= 0.6 is 11.3 Å².